The van der Waals surface area contributed by atoms with Crippen molar-refractivity contribution in [3.8, 4) is 0 Å². The zero-order valence-electron chi connectivity index (χ0n) is 11.1. The van der Waals surface area contributed by atoms with Gasteiger partial charge in [0.15, 0.2) is 0 Å². The van der Waals surface area contributed by atoms with Crippen molar-refractivity contribution in [2.75, 3.05) is 11.5 Å². The summed E-state index contributed by atoms with van der Waals surface area (Å²) in [5, 5.41) is 0.556. The predicted molar refractivity (Wildman–Crippen MR) is 94.6 cm³/mol. The van der Waals surface area contributed by atoms with Gasteiger partial charge in [-0.15, -0.1) is 0 Å². The molecule has 0 aromatic heterocycles. The van der Waals surface area contributed by atoms with Gasteiger partial charge in [-0.1, -0.05) is 39.3 Å². The van der Waals surface area contributed by atoms with Crippen molar-refractivity contribution in [2.24, 2.45) is 11.3 Å². The normalized spacial score (nSPS) is 17.6. The van der Waals surface area contributed by atoms with Crippen LogP contribution in [0.4, 0.5) is 0 Å². The van der Waals surface area contributed by atoms with Gasteiger partial charge in [-0.2, -0.15) is 50.5 Å². The fourth-order valence-electron chi connectivity index (χ4n) is 2.40. The number of thiol groups is 4. The lowest BCUT2D eigenvalue weighted by Crippen LogP contribution is -2.34. The number of hydrogen-bond donors (Lipinski definition) is 4. The van der Waals surface area contributed by atoms with E-state index in [9.17, 15) is 0 Å². The molecule has 0 nitrogen and oxygen atoms in total. The van der Waals surface area contributed by atoms with Crippen LogP contribution in [-0.2, 0) is 0 Å². The molecule has 0 spiro atoms. The van der Waals surface area contributed by atoms with E-state index in [0.29, 0.717) is 16.9 Å². The van der Waals surface area contributed by atoms with Gasteiger partial charge in [-0.3, -0.25) is 0 Å². The summed E-state index contributed by atoms with van der Waals surface area (Å²) in [6.45, 7) is 10.9. The topological polar surface area (TPSA) is 0 Å². The number of hydrogen-bond acceptors (Lipinski definition) is 4. The molecule has 0 saturated heterocycles. The molecule has 3 atom stereocenters. The average molecular weight is 311 g/mol. The van der Waals surface area contributed by atoms with Crippen molar-refractivity contribution in [1.82, 2.24) is 0 Å². The Kier molecular flexibility index (Phi) is 8.90. The summed E-state index contributed by atoms with van der Waals surface area (Å²) in [6, 6.07) is 0. The third-order valence-corrected chi connectivity index (χ3v) is 5.64. The molecule has 0 N–H and O–H groups in total. The van der Waals surface area contributed by atoms with E-state index < -0.39 is 0 Å². The molecule has 0 aromatic carbocycles. The average Bonchev–Trinajstić information content (AvgIpc) is 2.27. The smallest absolute Gasteiger partial charge is 0.0264 e. The lowest BCUT2D eigenvalue weighted by Gasteiger charge is -2.39. The van der Waals surface area contributed by atoms with Gasteiger partial charge >= 0.3 is 0 Å². The molecule has 0 heterocycles. The van der Waals surface area contributed by atoms with Gasteiger partial charge in [0.25, 0.3) is 0 Å². The Morgan fingerprint density at radius 3 is 2.12 bits per heavy atom. The SMILES string of the molecule is C=C(CS)C(S)C(CC)C(C)(C)CC(S)CS. The minimum Gasteiger partial charge on any atom is -0.178 e. The van der Waals surface area contributed by atoms with Gasteiger partial charge in [0, 0.05) is 22.0 Å². The Morgan fingerprint density at radius 2 is 1.76 bits per heavy atom. The van der Waals surface area contributed by atoms with E-state index >= 15 is 0 Å². The summed E-state index contributed by atoms with van der Waals surface area (Å²) >= 11 is 17.9. The molecule has 17 heavy (non-hydrogen) atoms. The molecule has 0 saturated carbocycles. The molecule has 4 heteroatoms. The molecular formula is C13H26S4. The zero-order valence-corrected chi connectivity index (χ0v) is 14.6. The van der Waals surface area contributed by atoms with Gasteiger partial charge in [0.2, 0.25) is 0 Å². The highest BCUT2D eigenvalue weighted by molar-refractivity contribution is 7.84. The Morgan fingerprint density at radius 1 is 1.24 bits per heavy atom. The third-order valence-electron chi connectivity index (χ3n) is 3.42. The van der Waals surface area contributed by atoms with Gasteiger partial charge < -0.3 is 0 Å². The largest absolute Gasteiger partial charge is 0.178 e. The van der Waals surface area contributed by atoms with Crippen LogP contribution in [0.5, 0.6) is 0 Å². The van der Waals surface area contributed by atoms with Crippen molar-refractivity contribution in [3.63, 3.8) is 0 Å². The first kappa shape index (κ1) is 18.1. The standard InChI is InChI=1S/C13H26S4/c1-5-11(12(17)9(2)7-14)13(3,4)6-10(16)8-15/h10-12,14-17H,2,5-8H2,1,3-4H3. The molecule has 0 amide bonds. The van der Waals surface area contributed by atoms with Gasteiger partial charge in [0.1, 0.15) is 0 Å². The van der Waals surface area contributed by atoms with Gasteiger partial charge in [0.05, 0.1) is 0 Å². The van der Waals surface area contributed by atoms with Crippen molar-refractivity contribution < 1.29 is 0 Å². The molecule has 0 aliphatic rings. The second-order valence-electron chi connectivity index (χ2n) is 5.31. The van der Waals surface area contributed by atoms with E-state index in [4.69, 9.17) is 12.6 Å². The van der Waals surface area contributed by atoms with Crippen LogP contribution in [0.15, 0.2) is 12.2 Å². The molecular weight excluding hydrogens is 284 g/mol. The molecule has 102 valence electrons. The highest BCUT2D eigenvalue weighted by Crippen LogP contribution is 2.41. The minimum absolute atomic E-state index is 0.197. The molecule has 0 rings (SSSR count). The van der Waals surface area contributed by atoms with Crippen LogP contribution in [-0.4, -0.2) is 22.0 Å². The molecule has 3 unspecified atom stereocenters. The zero-order chi connectivity index (χ0) is 13.6. The van der Waals surface area contributed by atoms with E-state index in [-0.39, 0.29) is 10.7 Å². The van der Waals surface area contributed by atoms with E-state index in [0.717, 1.165) is 24.2 Å². The molecule has 0 bridgehead atoms. The van der Waals surface area contributed by atoms with Crippen molar-refractivity contribution >= 4 is 50.5 Å². The molecule has 0 radical (unpaired) electrons. The summed E-state index contributed by atoms with van der Waals surface area (Å²) in [7, 11) is 0. The summed E-state index contributed by atoms with van der Waals surface area (Å²) in [5.41, 5.74) is 1.31. The Hall–Kier alpha value is 1.14. The predicted octanol–water partition coefficient (Wildman–Crippen LogP) is 4.44. The summed E-state index contributed by atoms with van der Waals surface area (Å²) in [5.74, 6) is 2.02. The van der Waals surface area contributed by atoms with Crippen molar-refractivity contribution in [1.29, 1.82) is 0 Å². The highest BCUT2D eigenvalue weighted by atomic mass is 32.1. The monoisotopic (exact) mass is 310 g/mol. The summed E-state index contributed by atoms with van der Waals surface area (Å²) < 4.78 is 0. The fraction of sp³-hybridized carbons (Fsp3) is 0.846. The Bertz CT molecular complexity index is 238. The van der Waals surface area contributed by atoms with Crippen LogP contribution in [0.3, 0.4) is 0 Å². The number of rotatable bonds is 8. The lowest BCUT2D eigenvalue weighted by molar-refractivity contribution is 0.194. The minimum atomic E-state index is 0.197. The van der Waals surface area contributed by atoms with Crippen LogP contribution in [0.2, 0.25) is 0 Å². The quantitative estimate of drug-likeness (QED) is 0.370. The molecule has 0 aliphatic carbocycles. The lowest BCUT2D eigenvalue weighted by atomic mass is 9.71. The summed E-state index contributed by atoms with van der Waals surface area (Å²) in [6.07, 6.45) is 2.15. The first-order valence-electron chi connectivity index (χ1n) is 6.05. The van der Waals surface area contributed by atoms with Crippen LogP contribution in [0, 0.1) is 11.3 Å². The van der Waals surface area contributed by atoms with E-state index in [1.54, 1.807) is 0 Å². The van der Waals surface area contributed by atoms with Gasteiger partial charge in [-0.05, 0) is 17.8 Å². The van der Waals surface area contributed by atoms with Crippen LogP contribution >= 0.6 is 50.5 Å². The third kappa shape index (κ3) is 5.75. The fourth-order valence-corrected chi connectivity index (χ4v) is 4.05. The van der Waals surface area contributed by atoms with Crippen LogP contribution in [0.1, 0.15) is 33.6 Å². The van der Waals surface area contributed by atoms with E-state index in [1.165, 1.54) is 0 Å². The Balaban J connectivity index is 4.78. The second-order valence-corrected chi connectivity index (χ2v) is 7.27. The van der Waals surface area contributed by atoms with Crippen molar-refractivity contribution in [3.05, 3.63) is 12.2 Å². The first-order chi connectivity index (χ1) is 7.80. The van der Waals surface area contributed by atoms with Gasteiger partial charge in [-0.25, -0.2) is 0 Å². The molecule has 0 aliphatic heterocycles. The second kappa shape index (κ2) is 8.34. The maximum atomic E-state index is 4.73. The maximum Gasteiger partial charge on any atom is 0.0264 e. The first-order valence-corrected chi connectivity index (χ1v) is 8.35. The Labute approximate surface area is 129 Å². The summed E-state index contributed by atoms with van der Waals surface area (Å²) in [4.78, 5) is 0. The molecule has 0 fully saturated rings. The van der Waals surface area contributed by atoms with Crippen LogP contribution in [0.25, 0.3) is 0 Å². The molecule has 0 aromatic rings. The highest BCUT2D eigenvalue weighted by Gasteiger charge is 2.34. The van der Waals surface area contributed by atoms with E-state index in [2.05, 4.69) is 65.2 Å². The van der Waals surface area contributed by atoms with Crippen LogP contribution < -0.4 is 0 Å². The maximum absolute atomic E-state index is 4.73. The van der Waals surface area contributed by atoms with Crippen molar-refractivity contribution in [2.45, 2.75) is 44.1 Å². The van der Waals surface area contributed by atoms with E-state index in [1.807, 2.05) is 0 Å².